The first-order chi connectivity index (χ1) is 9.79. The van der Waals surface area contributed by atoms with E-state index in [1.807, 2.05) is 31.4 Å². The van der Waals surface area contributed by atoms with Gasteiger partial charge in [0.05, 0.1) is 10.9 Å². The lowest BCUT2D eigenvalue weighted by Gasteiger charge is -2.21. The van der Waals surface area contributed by atoms with Crippen LogP contribution >= 0.6 is 11.3 Å². The largest absolute Gasteiger partial charge is 0.241 e. The van der Waals surface area contributed by atoms with E-state index in [1.54, 1.807) is 0 Å². The van der Waals surface area contributed by atoms with Crippen LogP contribution in [0.1, 0.15) is 24.8 Å². The molecule has 1 aromatic carbocycles. The van der Waals surface area contributed by atoms with Gasteiger partial charge in [0.1, 0.15) is 11.6 Å². The van der Waals surface area contributed by atoms with E-state index >= 15 is 0 Å². The second kappa shape index (κ2) is 6.21. The van der Waals surface area contributed by atoms with Gasteiger partial charge in [0.15, 0.2) is 0 Å². The highest BCUT2D eigenvalue weighted by Gasteiger charge is 2.25. The van der Waals surface area contributed by atoms with Gasteiger partial charge in [-0.2, -0.15) is 0 Å². The average Bonchev–Trinajstić information content (AvgIpc) is 2.88. The quantitative estimate of drug-likeness (QED) is 0.908. The second-order valence-electron chi connectivity index (χ2n) is 4.96. The third kappa shape index (κ3) is 3.87. The fraction of sp³-hybridized carbons (Fsp3) is 0.286. The van der Waals surface area contributed by atoms with Crippen molar-refractivity contribution in [3.63, 3.8) is 0 Å². The maximum atomic E-state index is 13.2. The lowest BCUT2D eigenvalue weighted by molar-refractivity contribution is 0.468. The van der Waals surface area contributed by atoms with E-state index in [-0.39, 0.29) is 5.92 Å². The van der Waals surface area contributed by atoms with Gasteiger partial charge < -0.3 is 0 Å². The van der Waals surface area contributed by atoms with Gasteiger partial charge in [0, 0.05) is 10.9 Å². The molecule has 1 aromatic heterocycles. The van der Waals surface area contributed by atoms with Crippen LogP contribution in [0.15, 0.2) is 40.6 Å². The molecular weight excluding hydrogens is 316 g/mol. The molecule has 0 radical (unpaired) electrons. The van der Waals surface area contributed by atoms with Crippen molar-refractivity contribution in [2.24, 2.45) is 5.92 Å². The minimum atomic E-state index is -4.00. The molecule has 1 heterocycles. The Kier molecular flexibility index (Phi) is 4.75. The number of rotatable bonds is 5. The van der Waals surface area contributed by atoms with Gasteiger partial charge >= 0.3 is 0 Å². The summed E-state index contributed by atoms with van der Waals surface area (Å²) in [5.41, 5.74) is 0. The normalized spacial score (nSPS) is 13.6. The van der Waals surface area contributed by atoms with Crippen LogP contribution in [-0.4, -0.2) is 8.42 Å². The van der Waals surface area contributed by atoms with Crippen molar-refractivity contribution in [1.82, 2.24) is 4.72 Å². The summed E-state index contributed by atoms with van der Waals surface area (Å²) in [6.45, 7) is 3.75. The lowest BCUT2D eigenvalue weighted by atomic mass is 10.0. The summed E-state index contributed by atoms with van der Waals surface area (Å²) >= 11 is 1.43. The van der Waals surface area contributed by atoms with E-state index in [0.717, 1.165) is 17.0 Å². The highest BCUT2D eigenvalue weighted by Crippen LogP contribution is 2.28. The number of thiophene rings is 1. The Labute approximate surface area is 126 Å². The summed E-state index contributed by atoms with van der Waals surface area (Å²) in [6.07, 6.45) is 0. The lowest BCUT2D eigenvalue weighted by Crippen LogP contribution is -2.31. The summed E-state index contributed by atoms with van der Waals surface area (Å²) in [4.78, 5) is 0.438. The van der Waals surface area contributed by atoms with Gasteiger partial charge in [-0.1, -0.05) is 19.9 Å². The summed E-state index contributed by atoms with van der Waals surface area (Å²) in [5, 5.41) is 1.85. The Bertz CT molecular complexity index is 692. The number of hydrogen-bond donors (Lipinski definition) is 1. The summed E-state index contributed by atoms with van der Waals surface area (Å²) in [6, 6.07) is 5.45. The predicted octanol–water partition coefficient (Wildman–Crippen LogP) is 3.70. The molecule has 0 aliphatic rings. The standard InChI is InChI=1S/C14H15F2NO2S2/c1-9(2)14(13-4-3-5-20-13)17-21(18,19)12-7-10(15)6-11(16)8-12/h3-9,14,17H,1-2H3/t14-/m0/s1. The Morgan fingerprint density at radius 1 is 1.14 bits per heavy atom. The molecule has 0 aliphatic carbocycles. The van der Waals surface area contributed by atoms with Crippen molar-refractivity contribution in [2.45, 2.75) is 24.8 Å². The number of halogens is 2. The van der Waals surface area contributed by atoms with Gasteiger partial charge in [-0.25, -0.2) is 21.9 Å². The van der Waals surface area contributed by atoms with Crippen LogP contribution in [0.5, 0.6) is 0 Å². The SMILES string of the molecule is CC(C)[C@H](NS(=O)(=O)c1cc(F)cc(F)c1)c1cccs1. The molecule has 0 bridgehead atoms. The zero-order valence-corrected chi connectivity index (χ0v) is 13.1. The van der Waals surface area contributed by atoms with Gasteiger partial charge in [-0.15, -0.1) is 11.3 Å². The molecule has 2 aromatic rings. The van der Waals surface area contributed by atoms with Crippen molar-refractivity contribution in [2.75, 3.05) is 0 Å². The maximum Gasteiger partial charge on any atom is 0.241 e. The highest BCUT2D eigenvalue weighted by atomic mass is 32.2. The van der Waals surface area contributed by atoms with E-state index in [2.05, 4.69) is 4.72 Å². The van der Waals surface area contributed by atoms with Crippen LogP contribution in [-0.2, 0) is 10.0 Å². The van der Waals surface area contributed by atoms with Crippen LogP contribution in [0.25, 0.3) is 0 Å². The van der Waals surface area contributed by atoms with Crippen LogP contribution in [0.3, 0.4) is 0 Å². The van der Waals surface area contributed by atoms with Crippen LogP contribution in [0.2, 0.25) is 0 Å². The monoisotopic (exact) mass is 331 g/mol. The summed E-state index contributed by atoms with van der Waals surface area (Å²) in [7, 11) is -4.00. The summed E-state index contributed by atoms with van der Waals surface area (Å²) < 4.78 is 53.5. The maximum absolute atomic E-state index is 13.2. The highest BCUT2D eigenvalue weighted by molar-refractivity contribution is 7.89. The topological polar surface area (TPSA) is 46.2 Å². The third-order valence-electron chi connectivity index (χ3n) is 2.94. The zero-order chi connectivity index (χ0) is 15.6. The third-order valence-corrected chi connectivity index (χ3v) is 5.32. The summed E-state index contributed by atoms with van der Waals surface area (Å²) in [5.74, 6) is -1.85. The molecule has 114 valence electrons. The number of hydrogen-bond acceptors (Lipinski definition) is 3. The zero-order valence-electron chi connectivity index (χ0n) is 11.5. The molecule has 0 aliphatic heterocycles. The first kappa shape index (κ1) is 16.1. The Balaban J connectivity index is 2.35. The van der Waals surface area contributed by atoms with E-state index in [4.69, 9.17) is 0 Å². The van der Waals surface area contributed by atoms with Gasteiger partial charge in [-0.3, -0.25) is 0 Å². The van der Waals surface area contributed by atoms with Gasteiger partial charge in [0.25, 0.3) is 0 Å². The molecule has 0 saturated heterocycles. The van der Waals surface area contributed by atoms with E-state index in [9.17, 15) is 17.2 Å². The molecule has 3 nitrogen and oxygen atoms in total. The Hall–Kier alpha value is -1.31. The van der Waals surface area contributed by atoms with Crippen molar-refractivity contribution < 1.29 is 17.2 Å². The molecule has 0 fully saturated rings. The minimum Gasteiger partial charge on any atom is -0.207 e. The van der Waals surface area contributed by atoms with Crippen molar-refractivity contribution >= 4 is 21.4 Å². The fourth-order valence-electron chi connectivity index (χ4n) is 1.91. The predicted molar refractivity (Wildman–Crippen MR) is 78.6 cm³/mol. The van der Waals surface area contributed by atoms with Crippen molar-refractivity contribution in [3.05, 3.63) is 52.2 Å². The van der Waals surface area contributed by atoms with Crippen LogP contribution in [0, 0.1) is 17.6 Å². The van der Waals surface area contributed by atoms with Crippen molar-refractivity contribution in [1.29, 1.82) is 0 Å². The fourth-order valence-corrected chi connectivity index (χ4v) is 4.34. The molecule has 1 N–H and O–H groups in total. The molecule has 7 heteroatoms. The molecule has 0 saturated carbocycles. The first-order valence-corrected chi connectivity index (χ1v) is 8.67. The van der Waals surface area contributed by atoms with Gasteiger partial charge in [-0.05, 0) is 29.5 Å². The Morgan fingerprint density at radius 2 is 1.76 bits per heavy atom. The van der Waals surface area contributed by atoms with Crippen molar-refractivity contribution in [3.8, 4) is 0 Å². The smallest absolute Gasteiger partial charge is 0.207 e. The number of benzene rings is 1. The number of nitrogens with one attached hydrogen (secondary N) is 1. The van der Waals surface area contributed by atoms with Crippen LogP contribution in [0.4, 0.5) is 8.78 Å². The molecule has 1 atom stereocenters. The van der Waals surface area contributed by atoms with E-state index in [0.29, 0.717) is 6.07 Å². The molecule has 0 unspecified atom stereocenters. The number of sulfonamides is 1. The molecule has 21 heavy (non-hydrogen) atoms. The minimum absolute atomic E-state index is 0.00293. The molecular formula is C14H15F2NO2S2. The first-order valence-electron chi connectivity index (χ1n) is 6.31. The van der Waals surface area contributed by atoms with Gasteiger partial charge in [0.2, 0.25) is 10.0 Å². The van der Waals surface area contributed by atoms with E-state index < -0.39 is 32.6 Å². The van der Waals surface area contributed by atoms with E-state index in [1.165, 1.54) is 11.3 Å². The Morgan fingerprint density at radius 3 is 2.24 bits per heavy atom. The van der Waals surface area contributed by atoms with Crippen LogP contribution < -0.4 is 4.72 Å². The second-order valence-corrected chi connectivity index (χ2v) is 7.66. The average molecular weight is 331 g/mol. The molecule has 0 amide bonds. The molecule has 2 rings (SSSR count). The molecule has 0 spiro atoms.